The largest absolute Gasteiger partial charge is 0.372 e. The van der Waals surface area contributed by atoms with Gasteiger partial charge in [0.05, 0.1) is 30.0 Å². The summed E-state index contributed by atoms with van der Waals surface area (Å²) in [5, 5.41) is 5.92. The Balaban J connectivity index is 2.62. The highest BCUT2D eigenvalue weighted by Gasteiger charge is 2.26. The van der Waals surface area contributed by atoms with Crippen molar-refractivity contribution in [3.05, 3.63) is 59.5 Å². The Bertz CT molecular complexity index is 834. The van der Waals surface area contributed by atoms with Crippen LogP contribution in [0.4, 0.5) is 4.39 Å². The fourth-order valence-corrected chi connectivity index (χ4v) is 3.58. The molecule has 0 aromatic rings. The van der Waals surface area contributed by atoms with Crippen molar-refractivity contribution in [2.45, 2.75) is 20.0 Å². The lowest BCUT2D eigenvalue weighted by molar-refractivity contribution is -0.120. The van der Waals surface area contributed by atoms with Gasteiger partial charge in [-0.05, 0) is 25.5 Å². The monoisotopic (exact) mass is 475 g/mol. The summed E-state index contributed by atoms with van der Waals surface area (Å²) >= 11 is 5.79. The highest BCUT2D eigenvalue weighted by molar-refractivity contribution is 7.89. The first-order valence-electron chi connectivity index (χ1n) is 9.89. The fourth-order valence-electron chi connectivity index (χ4n) is 2.68. The average molecular weight is 476 g/mol. The van der Waals surface area contributed by atoms with E-state index in [2.05, 4.69) is 21.9 Å². The number of nitrogens with one attached hydrogen (secondary N) is 3. The summed E-state index contributed by atoms with van der Waals surface area (Å²) in [6.07, 6.45) is 9.20. The van der Waals surface area contributed by atoms with Crippen molar-refractivity contribution in [1.29, 1.82) is 0 Å². The summed E-state index contributed by atoms with van der Waals surface area (Å²) in [5.74, 6) is -1.32. The molecule has 1 saturated heterocycles. The third-order valence-electron chi connectivity index (χ3n) is 4.32. The average Bonchev–Trinajstić information content (AvgIpc) is 2.97. The molecule has 1 heterocycles. The van der Waals surface area contributed by atoms with Gasteiger partial charge in [0.15, 0.2) is 0 Å². The van der Waals surface area contributed by atoms with Gasteiger partial charge in [-0.2, -0.15) is 0 Å². The first kappa shape index (κ1) is 27.3. The zero-order valence-electron chi connectivity index (χ0n) is 17.9. The van der Waals surface area contributed by atoms with Crippen LogP contribution in [0, 0.1) is 5.92 Å². The van der Waals surface area contributed by atoms with E-state index in [0.717, 1.165) is 0 Å². The van der Waals surface area contributed by atoms with Gasteiger partial charge in [0.25, 0.3) is 0 Å². The van der Waals surface area contributed by atoms with Gasteiger partial charge < -0.3 is 15.4 Å². The number of sulfonamides is 1. The predicted molar refractivity (Wildman–Crippen MR) is 123 cm³/mol. The molecule has 0 spiro atoms. The minimum atomic E-state index is -3.59. The highest BCUT2D eigenvalue weighted by Crippen LogP contribution is 2.20. The van der Waals surface area contributed by atoms with E-state index in [-0.39, 0.29) is 29.8 Å². The van der Waals surface area contributed by atoms with Crippen LogP contribution in [0.1, 0.15) is 13.8 Å². The van der Waals surface area contributed by atoms with Gasteiger partial charge >= 0.3 is 0 Å². The predicted octanol–water partition coefficient (Wildman–Crippen LogP) is 2.31. The molecule has 0 aromatic carbocycles. The smallest absolute Gasteiger partial charge is 0.235 e. The van der Waals surface area contributed by atoms with E-state index in [0.29, 0.717) is 25.3 Å². The molecule has 2 unspecified atom stereocenters. The van der Waals surface area contributed by atoms with E-state index in [4.69, 9.17) is 16.3 Å². The third-order valence-corrected chi connectivity index (χ3v) is 5.92. The molecule has 3 N–H and O–H groups in total. The maximum Gasteiger partial charge on any atom is 0.235 e. The number of hydrogen-bond acceptors (Lipinski definition) is 5. The molecular formula is C21H31ClFN3O4S. The van der Waals surface area contributed by atoms with E-state index in [9.17, 15) is 17.6 Å². The number of rotatable bonds is 11. The van der Waals surface area contributed by atoms with Crippen LogP contribution in [-0.4, -0.2) is 59.0 Å². The lowest BCUT2D eigenvalue weighted by Crippen LogP contribution is -2.43. The Kier molecular flexibility index (Phi) is 12.6. The summed E-state index contributed by atoms with van der Waals surface area (Å²) in [7, 11) is -3.59. The van der Waals surface area contributed by atoms with Crippen LogP contribution in [-0.2, 0) is 19.6 Å². The quantitative estimate of drug-likeness (QED) is 0.398. The van der Waals surface area contributed by atoms with Crippen molar-refractivity contribution >= 4 is 27.5 Å². The van der Waals surface area contributed by atoms with Gasteiger partial charge in [-0.15, -0.1) is 0 Å². The van der Waals surface area contributed by atoms with E-state index >= 15 is 0 Å². The number of amides is 1. The van der Waals surface area contributed by atoms with E-state index in [1.807, 2.05) is 6.92 Å². The standard InChI is InChI=1S/C21H31ClFN3O4S/c1-4-5-6-7-12-31(28,29)26-15-20(27)25-14-18-13-24-10-11-30-21(18)16(2)8-9-19(22)17(3)23/h4-9,18,21,24,26H,2,10-15H2,1,3H3,(H,25,27). The number of hydrogen-bond donors (Lipinski definition) is 3. The summed E-state index contributed by atoms with van der Waals surface area (Å²) in [5.41, 5.74) is 0.593. The summed E-state index contributed by atoms with van der Waals surface area (Å²) in [6.45, 7) is 8.60. The summed E-state index contributed by atoms with van der Waals surface area (Å²) < 4.78 is 45.0. The maximum atomic E-state index is 13.1. The van der Waals surface area contributed by atoms with Crippen LogP contribution in [0.5, 0.6) is 0 Å². The van der Waals surface area contributed by atoms with Crippen molar-refractivity contribution in [2.75, 3.05) is 38.5 Å². The lowest BCUT2D eigenvalue weighted by Gasteiger charge is -2.25. The van der Waals surface area contributed by atoms with Crippen molar-refractivity contribution in [2.24, 2.45) is 5.92 Å². The minimum Gasteiger partial charge on any atom is -0.372 e. The first-order valence-corrected chi connectivity index (χ1v) is 11.9. The minimum absolute atomic E-state index is 0.0226. The van der Waals surface area contributed by atoms with Crippen molar-refractivity contribution in [3.63, 3.8) is 0 Å². The second kappa shape index (κ2) is 14.3. The lowest BCUT2D eigenvalue weighted by atomic mass is 9.95. The normalized spacial score (nSPS) is 21.4. The molecule has 2 atom stereocenters. The van der Waals surface area contributed by atoms with Crippen LogP contribution in [0.3, 0.4) is 0 Å². The van der Waals surface area contributed by atoms with E-state index in [1.165, 1.54) is 19.1 Å². The molecule has 31 heavy (non-hydrogen) atoms. The molecular weight excluding hydrogens is 445 g/mol. The van der Waals surface area contributed by atoms with Gasteiger partial charge in [0.1, 0.15) is 5.83 Å². The number of carbonyl (C=O) groups is 1. The molecule has 10 heteroatoms. The Morgan fingerprint density at radius 2 is 2.10 bits per heavy atom. The van der Waals surface area contributed by atoms with Crippen LogP contribution in [0.2, 0.25) is 0 Å². The molecule has 0 bridgehead atoms. The third kappa shape index (κ3) is 11.4. The Morgan fingerprint density at radius 3 is 2.77 bits per heavy atom. The molecule has 0 saturated carbocycles. The molecule has 1 rings (SSSR count). The zero-order valence-corrected chi connectivity index (χ0v) is 19.4. The second-order valence-corrected chi connectivity index (χ2v) is 9.16. The SMILES string of the molecule is C=C(C=CC(Cl)=C(C)F)C1OCCNCC1CNC(=O)CNS(=O)(=O)CC=CC=CC. The van der Waals surface area contributed by atoms with Gasteiger partial charge in [-0.1, -0.05) is 48.6 Å². The van der Waals surface area contributed by atoms with Crippen LogP contribution in [0.25, 0.3) is 0 Å². The number of halogens is 2. The number of ether oxygens (including phenoxy) is 1. The molecule has 0 radical (unpaired) electrons. The van der Waals surface area contributed by atoms with Gasteiger partial charge in [0, 0.05) is 25.6 Å². The molecule has 1 fully saturated rings. The molecule has 174 valence electrons. The summed E-state index contributed by atoms with van der Waals surface area (Å²) in [4.78, 5) is 12.1. The summed E-state index contributed by atoms with van der Waals surface area (Å²) in [6, 6.07) is 0. The molecule has 7 nitrogen and oxygen atoms in total. The Labute approximate surface area is 189 Å². The number of allylic oxidation sites excluding steroid dienone is 6. The Hall–Kier alpha value is -1.78. The first-order chi connectivity index (χ1) is 14.7. The zero-order chi connectivity index (χ0) is 23.3. The second-order valence-electron chi connectivity index (χ2n) is 6.91. The molecule has 1 aliphatic heterocycles. The van der Waals surface area contributed by atoms with Crippen LogP contribution >= 0.6 is 11.6 Å². The molecule has 0 aliphatic carbocycles. The van der Waals surface area contributed by atoms with Crippen molar-refractivity contribution in [1.82, 2.24) is 15.4 Å². The molecule has 1 amide bonds. The fraction of sp³-hybridized carbons (Fsp3) is 0.476. The maximum absolute atomic E-state index is 13.1. The van der Waals surface area contributed by atoms with Gasteiger partial charge in [-0.3, -0.25) is 4.79 Å². The Morgan fingerprint density at radius 1 is 1.35 bits per heavy atom. The van der Waals surface area contributed by atoms with Crippen LogP contribution < -0.4 is 15.4 Å². The molecule has 1 aliphatic rings. The van der Waals surface area contributed by atoms with Gasteiger partial charge in [-0.25, -0.2) is 17.5 Å². The van der Waals surface area contributed by atoms with Crippen LogP contribution in [0.15, 0.2) is 59.5 Å². The van der Waals surface area contributed by atoms with Gasteiger partial charge in [0.2, 0.25) is 15.9 Å². The van der Waals surface area contributed by atoms with Crippen molar-refractivity contribution in [3.8, 4) is 0 Å². The van der Waals surface area contributed by atoms with E-state index < -0.39 is 27.9 Å². The number of carbonyl (C=O) groups excluding carboxylic acids is 1. The van der Waals surface area contributed by atoms with Crippen molar-refractivity contribution < 1.29 is 22.3 Å². The highest BCUT2D eigenvalue weighted by atomic mass is 35.5. The topological polar surface area (TPSA) is 96.5 Å². The molecule has 0 aromatic heterocycles. The van der Waals surface area contributed by atoms with E-state index in [1.54, 1.807) is 24.3 Å².